The van der Waals surface area contributed by atoms with Crippen LogP contribution in [0.4, 0.5) is 0 Å². The summed E-state index contributed by atoms with van der Waals surface area (Å²) in [5, 5.41) is 8.24. The molecule has 1 atom stereocenters. The number of hydrogen-bond acceptors (Lipinski definition) is 2. The van der Waals surface area contributed by atoms with E-state index in [0.717, 1.165) is 22.0 Å². The van der Waals surface area contributed by atoms with Crippen LogP contribution in [0.1, 0.15) is 16.7 Å². The maximum atomic E-state index is 13.1. The highest BCUT2D eigenvalue weighted by Gasteiger charge is 2.23. The first-order chi connectivity index (χ1) is 16.4. The Hall–Kier alpha value is -2.99. The van der Waals surface area contributed by atoms with Crippen LogP contribution in [0.5, 0.6) is 0 Å². The molecule has 1 aromatic heterocycles. The number of aromatic nitrogens is 1. The number of carbonyl (C=O) groups is 2. The molecular formula is C26H22Cl3N3O2. The molecule has 0 spiro atoms. The molecule has 4 rings (SSSR count). The van der Waals surface area contributed by atoms with Crippen LogP contribution in [0.2, 0.25) is 15.1 Å². The van der Waals surface area contributed by atoms with E-state index in [9.17, 15) is 9.59 Å². The van der Waals surface area contributed by atoms with Crippen LogP contribution in [0, 0.1) is 0 Å². The molecule has 2 amide bonds. The molecule has 3 aromatic carbocycles. The molecule has 4 aromatic rings. The zero-order chi connectivity index (χ0) is 24.1. The fraction of sp³-hybridized carbons (Fsp3) is 0.154. The van der Waals surface area contributed by atoms with Crippen molar-refractivity contribution in [3.05, 3.63) is 105 Å². The molecule has 174 valence electrons. The Morgan fingerprint density at radius 3 is 2.38 bits per heavy atom. The summed E-state index contributed by atoms with van der Waals surface area (Å²) in [7, 11) is 0. The second-order valence-corrected chi connectivity index (χ2v) is 9.20. The first-order valence-corrected chi connectivity index (χ1v) is 11.8. The minimum atomic E-state index is -0.762. The summed E-state index contributed by atoms with van der Waals surface area (Å²) >= 11 is 18.0. The van der Waals surface area contributed by atoms with Gasteiger partial charge in [0, 0.05) is 35.1 Å². The zero-order valence-corrected chi connectivity index (χ0v) is 20.3. The average Bonchev–Trinajstić information content (AvgIpc) is 3.23. The summed E-state index contributed by atoms with van der Waals surface area (Å²) in [6, 6.07) is 19.4. The summed E-state index contributed by atoms with van der Waals surface area (Å²) < 4.78 is 0. The third-order valence-electron chi connectivity index (χ3n) is 5.48. The minimum Gasteiger partial charge on any atom is -0.361 e. The number of amides is 2. The molecule has 8 heteroatoms. The van der Waals surface area contributed by atoms with E-state index in [0.29, 0.717) is 33.6 Å². The van der Waals surface area contributed by atoms with Gasteiger partial charge in [0.15, 0.2) is 0 Å². The number of nitrogens with one attached hydrogen (secondary N) is 3. The van der Waals surface area contributed by atoms with Gasteiger partial charge >= 0.3 is 0 Å². The van der Waals surface area contributed by atoms with Crippen molar-refractivity contribution in [2.45, 2.75) is 25.4 Å². The lowest BCUT2D eigenvalue weighted by Gasteiger charge is -2.19. The monoisotopic (exact) mass is 513 g/mol. The lowest BCUT2D eigenvalue weighted by Crippen LogP contribution is -2.48. The van der Waals surface area contributed by atoms with Crippen molar-refractivity contribution in [1.82, 2.24) is 15.6 Å². The molecule has 0 aliphatic rings. The largest absolute Gasteiger partial charge is 0.361 e. The number of para-hydroxylation sites is 1. The number of benzene rings is 3. The van der Waals surface area contributed by atoms with Crippen molar-refractivity contribution in [2.24, 2.45) is 0 Å². The Morgan fingerprint density at radius 1 is 0.882 bits per heavy atom. The molecule has 1 unspecified atom stereocenters. The Balaban J connectivity index is 1.49. The summed E-state index contributed by atoms with van der Waals surface area (Å²) in [4.78, 5) is 29.2. The Labute approximate surface area is 212 Å². The first-order valence-electron chi connectivity index (χ1n) is 10.7. The molecule has 34 heavy (non-hydrogen) atoms. The van der Waals surface area contributed by atoms with E-state index in [1.807, 2.05) is 42.6 Å². The van der Waals surface area contributed by atoms with Gasteiger partial charge in [-0.25, -0.2) is 0 Å². The second-order valence-electron chi connectivity index (χ2n) is 7.95. The maximum Gasteiger partial charge on any atom is 0.243 e. The quantitative estimate of drug-likeness (QED) is 0.282. The van der Waals surface area contributed by atoms with Gasteiger partial charge in [0.2, 0.25) is 11.8 Å². The van der Waals surface area contributed by atoms with E-state index < -0.39 is 6.04 Å². The standard InChI is InChI=1S/C26H22Cl3N3O2/c27-19-8-5-16(6-9-19)14-31-26(34)24(13-18-15-30-23-4-2-1-3-20(18)23)32-25(33)12-17-7-10-21(28)22(29)11-17/h1-11,15,24,30H,12-14H2,(H,31,34)(H,32,33). The highest BCUT2D eigenvalue weighted by Crippen LogP contribution is 2.23. The van der Waals surface area contributed by atoms with Crippen LogP contribution >= 0.6 is 34.8 Å². The molecule has 5 nitrogen and oxygen atoms in total. The predicted octanol–water partition coefficient (Wildman–Crippen LogP) is 5.71. The van der Waals surface area contributed by atoms with Crippen LogP contribution in [0.25, 0.3) is 10.9 Å². The lowest BCUT2D eigenvalue weighted by atomic mass is 10.0. The molecule has 0 saturated heterocycles. The van der Waals surface area contributed by atoms with Gasteiger partial charge < -0.3 is 15.6 Å². The van der Waals surface area contributed by atoms with E-state index in [-0.39, 0.29) is 18.2 Å². The fourth-order valence-corrected chi connectivity index (χ4v) is 4.17. The fourth-order valence-electron chi connectivity index (χ4n) is 3.72. The van der Waals surface area contributed by atoms with Gasteiger partial charge in [0.05, 0.1) is 16.5 Å². The van der Waals surface area contributed by atoms with Crippen molar-refractivity contribution < 1.29 is 9.59 Å². The van der Waals surface area contributed by atoms with Crippen LogP contribution in [0.3, 0.4) is 0 Å². The number of fused-ring (bicyclic) bond motifs is 1. The summed E-state index contributed by atoms with van der Waals surface area (Å²) in [5.41, 5.74) is 3.53. The first kappa shape index (κ1) is 24.1. The minimum absolute atomic E-state index is 0.0751. The van der Waals surface area contributed by atoms with Crippen LogP contribution in [0.15, 0.2) is 72.9 Å². The van der Waals surface area contributed by atoms with Gasteiger partial charge in [-0.3, -0.25) is 9.59 Å². The van der Waals surface area contributed by atoms with Gasteiger partial charge in [-0.05, 0) is 47.0 Å². The highest BCUT2D eigenvalue weighted by atomic mass is 35.5. The normalized spacial score (nSPS) is 11.9. The number of rotatable bonds is 8. The van der Waals surface area contributed by atoms with Crippen molar-refractivity contribution in [3.8, 4) is 0 Å². The number of hydrogen-bond donors (Lipinski definition) is 3. The van der Waals surface area contributed by atoms with Gasteiger partial charge in [-0.15, -0.1) is 0 Å². The van der Waals surface area contributed by atoms with E-state index in [4.69, 9.17) is 34.8 Å². The van der Waals surface area contributed by atoms with Crippen LogP contribution < -0.4 is 10.6 Å². The average molecular weight is 515 g/mol. The topological polar surface area (TPSA) is 74.0 Å². The predicted molar refractivity (Wildman–Crippen MR) is 137 cm³/mol. The lowest BCUT2D eigenvalue weighted by molar-refractivity contribution is -0.128. The van der Waals surface area contributed by atoms with E-state index in [1.54, 1.807) is 30.3 Å². The van der Waals surface area contributed by atoms with Crippen LogP contribution in [-0.4, -0.2) is 22.8 Å². The zero-order valence-electron chi connectivity index (χ0n) is 18.1. The third kappa shape index (κ3) is 6.11. The van der Waals surface area contributed by atoms with Crippen molar-refractivity contribution in [2.75, 3.05) is 0 Å². The van der Waals surface area contributed by atoms with Crippen molar-refractivity contribution >= 4 is 57.5 Å². The number of carbonyl (C=O) groups excluding carboxylic acids is 2. The smallest absolute Gasteiger partial charge is 0.243 e. The molecule has 0 aliphatic carbocycles. The van der Waals surface area contributed by atoms with E-state index >= 15 is 0 Å². The molecule has 0 saturated carbocycles. The van der Waals surface area contributed by atoms with Gasteiger partial charge in [0.1, 0.15) is 6.04 Å². The second kappa shape index (κ2) is 11.0. The summed E-state index contributed by atoms with van der Waals surface area (Å²) in [6.45, 7) is 0.322. The number of H-pyrrole nitrogens is 1. The molecule has 0 bridgehead atoms. The Kier molecular flexibility index (Phi) is 7.78. The van der Waals surface area contributed by atoms with Gasteiger partial charge in [-0.1, -0.05) is 71.2 Å². The van der Waals surface area contributed by atoms with Crippen molar-refractivity contribution in [1.29, 1.82) is 0 Å². The third-order valence-corrected chi connectivity index (χ3v) is 6.47. The molecule has 0 aliphatic heterocycles. The van der Waals surface area contributed by atoms with Gasteiger partial charge in [-0.2, -0.15) is 0 Å². The number of halogens is 3. The molecule has 1 heterocycles. The maximum absolute atomic E-state index is 13.1. The summed E-state index contributed by atoms with van der Waals surface area (Å²) in [6.07, 6.45) is 2.28. The SMILES string of the molecule is O=C(Cc1ccc(Cl)c(Cl)c1)NC(Cc1c[nH]c2ccccc12)C(=O)NCc1ccc(Cl)cc1. The van der Waals surface area contributed by atoms with Gasteiger partial charge in [0.25, 0.3) is 0 Å². The van der Waals surface area contributed by atoms with Crippen LogP contribution in [-0.2, 0) is 29.0 Å². The molecular weight excluding hydrogens is 493 g/mol. The van der Waals surface area contributed by atoms with E-state index in [1.165, 1.54) is 0 Å². The van der Waals surface area contributed by atoms with E-state index in [2.05, 4.69) is 15.6 Å². The molecule has 0 fully saturated rings. The number of aromatic amines is 1. The van der Waals surface area contributed by atoms with Crippen molar-refractivity contribution in [3.63, 3.8) is 0 Å². The molecule has 0 radical (unpaired) electrons. The Bertz CT molecular complexity index is 1320. The summed E-state index contributed by atoms with van der Waals surface area (Å²) in [5.74, 6) is -0.562. The highest BCUT2D eigenvalue weighted by molar-refractivity contribution is 6.42. The molecule has 3 N–H and O–H groups in total. The Morgan fingerprint density at radius 2 is 1.62 bits per heavy atom.